The van der Waals surface area contributed by atoms with Crippen LogP contribution in [0.3, 0.4) is 0 Å². The van der Waals surface area contributed by atoms with Crippen molar-refractivity contribution in [2.45, 2.75) is 88.6 Å². The Morgan fingerprint density at radius 2 is 1.07 bits per heavy atom. The molecule has 0 amide bonds. The molecule has 9 heteroatoms. The van der Waals surface area contributed by atoms with Crippen LogP contribution in [0, 0.1) is 0 Å². The summed E-state index contributed by atoms with van der Waals surface area (Å²) in [6.45, 7) is 7.82. The van der Waals surface area contributed by atoms with E-state index in [-0.39, 0.29) is 19.3 Å². The van der Waals surface area contributed by atoms with Crippen molar-refractivity contribution in [2.24, 2.45) is 4.99 Å². The summed E-state index contributed by atoms with van der Waals surface area (Å²) in [6, 6.07) is 49.6. The fourth-order valence-electron chi connectivity index (χ4n) is 7.03. The molecule has 2 aliphatic heterocycles. The quantitative estimate of drug-likeness (QED) is 0.0779. The molecular weight excluding hydrogens is 707 g/mol. The van der Waals surface area contributed by atoms with Gasteiger partial charge in [-0.15, -0.1) is 0 Å². The van der Waals surface area contributed by atoms with E-state index in [9.17, 15) is 0 Å². The molecule has 2 saturated heterocycles. The lowest BCUT2D eigenvalue weighted by Crippen LogP contribution is -2.63. The highest BCUT2D eigenvalue weighted by molar-refractivity contribution is 5.25. The summed E-state index contributed by atoms with van der Waals surface area (Å²) in [5.41, 5.74) is 5.06. The summed E-state index contributed by atoms with van der Waals surface area (Å²) >= 11 is 0. The van der Waals surface area contributed by atoms with Gasteiger partial charge in [-0.25, -0.2) is 0 Å². The summed E-state index contributed by atoms with van der Waals surface area (Å²) < 4.78 is 52.9. The van der Waals surface area contributed by atoms with Gasteiger partial charge in [-0.1, -0.05) is 152 Å². The molecular formula is C47H51NO8. The largest absolute Gasteiger partial charge is 0.371 e. The molecule has 9 atom stereocenters. The standard InChI is InChI=1S/C47H51NO8/c1-34(49-28-35-18-8-3-9-19-35)42(50-29-36-20-10-4-11-21-36)40(48-2)32-53-47-45(52-31-38-24-14-6-15-25-38)44(51-30-37-22-12-5-13-23-37)43-41(55-47)33-54-46(56-43)39-26-16-7-17-27-39/h3-27,34,40-47H,2,28-33H2,1H3/t34-,40+,41?,42-,43+,44?,45?,46?,47+/m1/s1. The van der Waals surface area contributed by atoms with Crippen molar-refractivity contribution < 1.29 is 37.9 Å². The third-order valence-corrected chi connectivity index (χ3v) is 10.1. The molecule has 5 aromatic rings. The van der Waals surface area contributed by atoms with Crippen molar-refractivity contribution in [1.29, 1.82) is 0 Å². The second-order valence-corrected chi connectivity index (χ2v) is 14.1. The molecule has 2 heterocycles. The van der Waals surface area contributed by atoms with Gasteiger partial charge in [-0.2, -0.15) is 0 Å². The highest BCUT2D eigenvalue weighted by Gasteiger charge is 2.52. The maximum absolute atomic E-state index is 6.79. The van der Waals surface area contributed by atoms with Gasteiger partial charge in [0.2, 0.25) is 0 Å². The minimum atomic E-state index is -0.860. The van der Waals surface area contributed by atoms with Crippen LogP contribution >= 0.6 is 0 Å². The molecule has 56 heavy (non-hydrogen) atoms. The molecule has 9 nitrogen and oxygen atoms in total. The molecule has 4 unspecified atom stereocenters. The van der Waals surface area contributed by atoms with E-state index in [4.69, 9.17) is 37.9 Å². The first-order chi connectivity index (χ1) is 27.6. The van der Waals surface area contributed by atoms with Gasteiger partial charge >= 0.3 is 0 Å². The molecule has 5 aromatic carbocycles. The predicted octanol–water partition coefficient (Wildman–Crippen LogP) is 8.27. The van der Waals surface area contributed by atoms with Gasteiger partial charge in [0, 0.05) is 5.56 Å². The second kappa shape index (κ2) is 20.6. The van der Waals surface area contributed by atoms with E-state index in [1.54, 1.807) is 0 Å². The molecule has 0 aliphatic carbocycles. The molecule has 0 spiro atoms. The zero-order chi connectivity index (χ0) is 38.4. The van der Waals surface area contributed by atoms with E-state index in [2.05, 4.69) is 11.7 Å². The number of aliphatic imine (C=N–C) groups is 1. The van der Waals surface area contributed by atoms with Crippen LogP contribution in [0.4, 0.5) is 0 Å². The maximum Gasteiger partial charge on any atom is 0.187 e. The summed E-state index contributed by atoms with van der Waals surface area (Å²) in [6.07, 6.45) is -4.56. The van der Waals surface area contributed by atoms with Crippen molar-refractivity contribution in [2.75, 3.05) is 13.2 Å². The fourth-order valence-corrected chi connectivity index (χ4v) is 7.03. The maximum atomic E-state index is 6.79. The van der Waals surface area contributed by atoms with Crippen molar-refractivity contribution in [3.63, 3.8) is 0 Å². The average Bonchev–Trinajstić information content (AvgIpc) is 3.26. The summed E-state index contributed by atoms with van der Waals surface area (Å²) in [5, 5.41) is 0. The zero-order valence-corrected chi connectivity index (χ0v) is 31.8. The lowest BCUT2D eigenvalue weighted by atomic mass is 9.97. The first-order valence-corrected chi connectivity index (χ1v) is 19.3. The van der Waals surface area contributed by atoms with Crippen LogP contribution in [-0.2, 0) is 64.3 Å². The predicted molar refractivity (Wildman–Crippen MR) is 214 cm³/mol. The van der Waals surface area contributed by atoms with E-state index in [1.807, 2.05) is 159 Å². The van der Waals surface area contributed by atoms with Crippen LogP contribution in [-0.4, -0.2) is 68.9 Å². The normalized spacial score (nSPS) is 23.7. The Hall–Kier alpha value is -4.55. The Balaban J connectivity index is 1.13. The molecule has 2 aliphatic rings. The van der Waals surface area contributed by atoms with Crippen LogP contribution < -0.4 is 0 Å². The zero-order valence-electron chi connectivity index (χ0n) is 31.8. The lowest BCUT2D eigenvalue weighted by molar-refractivity contribution is -0.373. The minimum Gasteiger partial charge on any atom is -0.371 e. The Labute approximate surface area is 330 Å². The first-order valence-electron chi connectivity index (χ1n) is 19.3. The third kappa shape index (κ3) is 10.8. The Bertz CT molecular complexity index is 1850. The number of ether oxygens (including phenoxy) is 8. The van der Waals surface area contributed by atoms with Crippen LogP contribution in [0.5, 0.6) is 0 Å². The average molecular weight is 758 g/mol. The van der Waals surface area contributed by atoms with Crippen molar-refractivity contribution in [1.82, 2.24) is 0 Å². The minimum absolute atomic E-state index is 0.120. The number of rotatable bonds is 19. The smallest absolute Gasteiger partial charge is 0.187 e. The monoisotopic (exact) mass is 757 g/mol. The molecule has 0 N–H and O–H groups in total. The molecule has 2 fully saturated rings. The van der Waals surface area contributed by atoms with Gasteiger partial charge in [0.25, 0.3) is 0 Å². The van der Waals surface area contributed by atoms with Crippen molar-refractivity contribution in [3.8, 4) is 0 Å². The van der Waals surface area contributed by atoms with Crippen LogP contribution in [0.1, 0.15) is 41.0 Å². The Morgan fingerprint density at radius 3 is 1.61 bits per heavy atom. The van der Waals surface area contributed by atoms with Crippen LogP contribution in [0.2, 0.25) is 0 Å². The number of hydrogen-bond acceptors (Lipinski definition) is 9. The molecule has 0 aromatic heterocycles. The topological polar surface area (TPSA) is 86.2 Å². The van der Waals surface area contributed by atoms with E-state index < -0.39 is 49.1 Å². The number of nitrogens with zero attached hydrogens (tertiary/aromatic N) is 1. The summed E-state index contributed by atoms with van der Waals surface area (Å²) in [5.74, 6) is 0. The van der Waals surface area contributed by atoms with E-state index >= 15 is 0 Å². The van der Waals surface area contributed by atoms with Crippen molar-refractivity contribution in [3.05, 3.63) is 179 Å². The van der Waals surface area contributed by atoms with Gasteiger partial charge < -0.3 is 37.9 Å². The fraction of sp³-hybridized carbons (Fsp3) is 0.340. The number of hydrogen-bond donors (Lipinski definition) is 0. The summed E-state index contributed by atoms with van der Waals surface area (Å²) in [7, 11) is 0. The molecule has 7 rings (SSSR count). The van der Waals surface area contributed by atoms with Gasteiger partial charge in [-0.05, 0) is 35.9 Å². The summed E-state index contributed by atoms with van der Waals surface area (Å²) in [4.78, 5) is 4.54. The first kappa shape index (κ1) is 39.7. The third-order valence-electron chi connectivity index (χ3n) is 10.1. The van der Waals surface area contributed by atoms with Crippen LogP contribution in [0.25, 0.3) is 0 Å². The van der Waals surface area contributed by atoms with Crippen LogP contribution in [0.15, 0.2) is 157 Å². The van der Waals surface area contributed by atoms with E-state index in [0.717, 1.165) is 27.8 Å². The van der Waals surface area contributed by atoms with Gasteiger partial charge in [-0.3, -0.25) is 4.99 Å². The van der Waals surface area contributed by atoms with E-state index in [0.29, 0.717) is 26.4 Å². The molecule has 0 saturated carbocycles. The highest BCUT2D eigenvalue weighted by Crippen LogP contribution is 2.37. The molecule has 0 bridgehead atoms. The number of benzene rings is 5. The second-order valence-electron chi connectivity index (χ2n) is 14.1. The van der Waals surface area contributed by atoms with Gasteiger partial charge in [0.05, 0.1) is 45.7 Å². The molecule has 0 radical (unpaired) electrons. The van der Waals surface area contributed by atoms with E-state index in [1.165, 1.54) is 0 Å². The van der Waals surface area contributed by atoms with Crippen molar-refractivity contribution >= 4 is 6.72 Å². The molecule has 292 valence electrons. The number of fused-ring (bicyclic) bond motifs is 1. The highest BCUT2D eigenvalue weighted by atomic mass is 16.8. The van der Waals surface area contributed by atoms with Gasteiger partial charge in [0.1, 0.15) is 36.6 Å². The Kier molecular flexibility index (Phi) is 14.6. The Morgan fingerprint density at radius 1 is 0.589 bits per heavy atom. The van der Waals surface area contributed by atoms with Gasteiger partial charge in [0.15, 0.2) is 12.6 Å². The lowest BCUT2D eigenvalue weighted by Gasteiger charge is -2.49. The SMILES string of the molecule is C=N[C@@H](CO[C@H]1OC2COC(c3ccccc3)O[C@@H]2C(OCc2ccccc2)C1OCc1ccccc1)[C@H](OCc1ccccc1)[C@@H](C)OCc1ccccc1.